The fraction of sp³-hybridized carbons (Fsp3) is 0.0667. The van der Waals surface area contributed by atoms with Crippen LogP contribution in [0, 0.1) is 12.7 Å². The van der Waals surface area contributed by atoms with Crippen LogP contribution in [0.2, 0.25) is 0 Å². The summed E-state index contributed by atoms with van der Waals surface area (Å²) < 4.78 is 13.6. The zero-order valence-electron chi connectivity index (χ0n) is 11.1. The van der Waals surface area contributed by atoms with Crippen molar-refractivity contribution in [3.05, 3.63) is 58.3 Å². The summed E-state index contributed by atoms with van der Waals surface area (Å²) in [6.45, 7) is 1.82. The molecule has 0 unspecified atom stereocenters. The first-order valence-corrected chi connectivity index (χ1v) is 6.89. The lowest BCUT2D eigenvalue weighted by atomic mass is 10.2. The van der Waals surface area contributed by atoms with Gasteiger partial charge in [-0.15, -0.1) is 0 Å². The average Bonchev–Trinajstić information content (AvgIpc) is 2.44. The topological polar surface area (TPSA) is 58.2 Å². The van der Waals surface area contributed by atoms with Gasteiger partial charge >= 0.3 is 11.8 Å². The summed E-state index contributed by atoms with van der Waals surface area (Å²) in [7, 11) is 0. The first kappa shape index (κ1) is 15.2. The van der Waals surface area contributed by atoms with Gasteiger partial charge in [0.1, 0.15) is 5.82 Å². The van der Waals surface area contributed by atoms with Crippen molar-refractivity contribution in [3.63, 3.8) is 0 Å². The zero-order valence-corrected chi connectivity index (χ0v) is 12.7. The number of carbonyl (C=O) groups excluding carboxylic acids is 2. The van der Waals surface area contributed by atoms with E-state index >= 15 is 0 Å². The molecule has 2 amide bonds. The predicted molar refractivity (Wildman–Crippen MR) is 82.5 cm³/mol. The van der Waals surface area contributed by atoms with E-state index in [1.165, 1.54) is 24.3 Å². The Bertz CT molecular complexity index is 687. The van der Waals surface area contributed by atoms with Crippen molar-refractivity contribution >= 4 is 39.1 Å². The third kappa shape index (κ3) is 4.13. The molecule has 0 saturated heterocycles. The second-order valence-corrected chi connectivity index (χ2v) is 5.29. The summed E-state index contributed by atoms with van der Waals surface area (Å²) in [5.74, 6) is -2.02. The van der Waals surface area contributed by atoms with Gasteiger partial charge in [0.2, 0.25) is 0 Å². The van der Waals surface area contributed by atoms with E-state index in [-0.39, 0.29) is 0 Å². The Labute approximate surface area is 129 Å². The van der Waals surface area contributed by atoms with Gasteiger partial charge in [-0.05, 0) is 55.0 Å². The molecule has 2 rings (SSSR count). The van der Waals surface area contributed by atoms with Crippen LogP contribution in [0.15, 0.2) is 46.9 Å². The molecule has 0 aromatic heterocycles. The van der Waals surface area contributed by atoms with Crippen LogP contribution in [0.25, 0.3) is 0 Å². The van der Waals surface area contributed by atoms with Crippen LogP contribution < -0.4 is 10.6 Å². The molecule has 0 atom stereocenters. The molecule has 108 valence electrons. The van der Waals surface area contributed by atoms with Crippen LogP contribution in [0.3, 0.4) is 0 Å². The maximum absolute atomic E-state index is 12.8. The van der Waals surface area contributed by atoms with Gasteiger partial charge in [-0.25, -0.2) is 4.39 Å². The van der Waals surface area contributed by atoms with Crippen LogP contribution in [0.4, 0.5) is 15.8 Å². The Morgan fingerprint density at radius 2 is 1.62 bits per heavy atom. The summed E-state index contributed by atoms with van der Waals surface area (Å²) in [6, 6.07) is 10.5. The van der Waals surface area contributed by atoms with E-state index in [0.29, 0.717) is 11.4 Å². The Hall–Kier alpha value is -2.21. The molecule has 0 heterocycles. The highest BCUT2D eigenvalue weighted by molar-refractivity contribution is 9.10. The lowest BCUT2D eigenvalue weighted by molar-refractivity contribution is -0.133. The number of aryl methyl sites for hydroxylation is 1. The van der Waals surface area contributed by atoms with Crippen molar-refractivity contribution in [1.29, 1.82) is 0 Å². The van der Waals surface area contributed by atoms with E-state index in [4.69, 9.17) is 0 Å². The third-order valence-corrected chi connectivity index (χ3v) is 3.24. The summed E-state index contributed by atoms with van der Waals surface area (Å²) >= 11 is 3.32. The first-order valence-electron chi connectivity index (χ1n) is 6.10. The number of benzene rings is 2. The lowest BCUT2D eigenvalue weighted by Gasteiger charge is -2.09. The highest BCUT2D eigenvalue weighted by Gasteiger charge is 2.15. The monoisotopic (exact) mass is 350 g/mol. The molecule has 2 aromatic carbocycles. The molecule has 0 aliphatic heterocycles. The van der Waals surface area contributed by atoms with Crippen molar-refractivity contribution in [3.8, 4) is 0 Å². The fourth-order valence-electron chi connectivity index (χ4n) is 1.67. The largest absolute Gasteiger partial charge is 0.318 e. The Morgan fingerprint density at radius 3 is 2.24 bits per heavy atom. The highest BCUT2D eigenvalue weighted by atomic mass is 79.9. The van der Waals surface area contributed by atoms with Crippen LogP contribution in [0.5, 0.6) is 0 Å². The van der Waals surface area contributed by atoms with Gasteiger partial charge in [0, 0.05) is 15.8 Å². The molecular weight excluding hydrogens is 339 g/mol. The standard InChI is InChI=1S/C15H12BrFN2O2/c1-9-8-10(16)2-7-13(9)19-15(21)14(20)18-12-5-3-11(17)4-6-12/h2-8H,1H3,(H,18,20)(H,19,21). The van der Waals surface area contributed by atoms with Crippen LogP contribution in [-0.2, 0) is 9.59 Å². The van der Waals surface area contributed by atoms with Crippen molar-refractivity contribution in [2.24, 2.45) is 0 Å². The Balaban J connectivity index is 2.02. The quantitative estimate of drug-likeness (QED) is 0.814. The van der Waals surface area contributed by atoms with Gasteiger partial charge in [-0.1, -0.05) is 15.9 Å². The second-order valence-electron chi connectivity index (χ2n) is 4.37. The SMILES string of the molecule is Cc1cc(Br)ccc1NC(=O)C(=O)Nc1ccc(F)cc1. The summed E-state index contributed by atoms with van der Waals surface area (Å²) in [4.78, 5) is 23.6. The fourth-order valence-corrected chi connectivity index (χ4v) is 2.14. The number of anilines is 2. The number of amides is 2. The van der Waals surface area contributed by atoms with E-state index in [1.807, 2.05) is 13.0 Å². The number of nitrogens with one attached hydrogen (secondary N) is 2. The maximum atomic E-state index is 12.8. The van der Waals surface area contributed by atoms with Gasteiger partial charge in [-0.2, -0.15) is 0 Å². The molecule has 2 N–H and O–H groups in total. The average molecular weight is 351 g/mol. The Kier molecular flexibility index (Phi) is 4.70. The van der Waals surface area contributed by atoms with Gasteiger partial charge in [0.25, 0.3) is 0 Å². The normalized spacial score (nSPS) is 10.0. The molecule has 0 fully saturated rings. The molecule has 21 heavy (non-hydrogen) atoms. The van der Waals surface area contributed by atoms with Crippen LogP contribution in [0.1, 0.15) is 5.56 Å². The number of rotatable bonds is 2. The number of hydrogen-bond donors (Lipinski definition) is 2. The zero-order chi connectivity index (χ0) is 15.4. The molecule has 0 saturated carbocycles. The van der Waals surface area contributed by atoms with Crippen LogP contribution >= 0.6 is 15.9 Å². The first-order chi connectivity index (χ1) is 9.95. The molecule has 0 aliphatic rings. The summed E-state index contributed by atoms with van der Waals surface area (Å²) in [6.07, 6.45) is 0. The highest BCUT2D eigenvalue weighted by Crippen LogP contribution is 2.20. The molecular formula is C15H12BrFN2O2. The van der Waals surface area contributed by atoms with Gasteiger partial charge < -0.3 is 10.6 Å². The summed E-state index contributed by atoms with van der Waals surface area (Å²) in [5, 5.41) is 4.92. The van der Waals surface area contributed by atoms with E-state index in [1.54, 1.807) is 12.1 Å². The maximum Gasteiger partial charge on any atom is 0.314 e. The molecule has 6 heteroatoms. The third-order valence-electron chi connectivity index (χ3n) is 2.74. The van der Waals surface area contributed by atoms with Crippen molar-refractivity contribution in [2.45, 2.75) is 6.92 Å². The predicted octanol–water partition coefficient (Wildman–Crippen LogP) is 3.47. The molecule has 0 bridgehead atoms. The van der Waals surface area contributed by atoms with Crippen molar-refractivity contribution < 1.29 is 14.0 Å². The lowest BCUT2D eigenvalue weighted by Crippen LogP contribution is -2.29. The molecule has 2 aromatic rings. The van der Waals surface area contributed by atoms with E-state index < -0.39 is 17.6 Å². The second kappa shape index (κ2) is 6.49. The van der Waals surface area contributed by atoms with Gasteiger partial charge in [-0.3, -0.25) is 9.59 Å². The van der Waals surface area contributed by atoms with E-state index in [2.05, 4.69) is 26.6 Å². The van der Waals surface area contributed by atoms with E-state index in [9.17, 15) is 14.0 Å². The summed E-state index contributed by atoms with van der Waals surface area (Å²) in [5.41, 5.74) is 1.73. The number of hydrogen-bond acceptors (Lipinski definition) is 2. The van der Waals surface area contributed by atoms with Crippen LogP contribution in [-0.4, -0.2) is 11.8 Å². The molecule has 0 spiro atoms. The molecule has 0 aliphatic carbocycles. The van der Waals surface area contributed by atoms with Gasteiger partial charge in [0.05, 0.1) is 0 Å². The molecule has 0 radical (unpaired) electrons. The minimum atomic E-state index is -0.816. The van der Waals surface area contributed by atoms with Crippen molar-refractivity contribution in [2.75, 3.05) is 10.6 Å². The molecule has 4 nitrogen and oxygen atoms in total. The van der Waals surface area contributed by atoms with Gasteiger partial charge in [0.15, 0.2) is 0 Å². The Morgan fingerprint density at radius 1 is 1.00 bits per heavy atom. The smallest absolute Gasteiger partial charge is 0.314 e. The minimum Gasteiger partial charge on any atom is -0.318 e. The van der Waals surface area contributed by atoms with Crippen molar-refractivity contribution in [1.82, 2.24) is 0 Å². The number of halogens is 2. The minimum absolute atomic E-state index is 0.351. The number of carbonyl (C=O) groups is 2. The van der Waals surface area contributed by atoms with E-state index in [0.717, 1.165) is 10.0 Å².